The van der Waals surface area contributed by atoms with E-state index in [1.54, 1.807) is 18.5 Å². The zero-order chi connectivity index (χ0) is 22.6. The smallest absolute Gasteiger partial charge is 0.272 e. The van der Waals surface area contributed by atoms with Crippen molar-refractivity contribution in [2.75, 3.05) is 35.2 Å². The van der Waals surface area contributed by atoms with E-state index in [-0.39, 0.29) is 29.2 Å². The van der Waals surface area contributed by atoms with Crippen LogP contribution in [0.5, 0.6) is 0 Å². The average molecular weight is 572 g/mol. The molecule has 2 aromatic rings. The number of alkyl halides is 2. The Balaban J connectivity index is 2.18. The van der Waals surface area contributed by atoms with E-state index in [2.05, 4.69) is 42.8 Å². The summed E-state index contributed by atoms with van der Waals surface area (Å²) < 4.78 is 28.8. The minimum Gasteiger partial charge on any atom is -0.368 e. The van der Waals surface area contributed by atoms with Gasteiger partial charge in [-0.15, -0.1) is 6.42 Å². The van der Waals surface area contributed by atoms with Gasteiger partial charge in [-0.1, -0.05) is 37.8 Å². The molecule has 0 saturated carbocycles. The molecule has 0 bridgehead atoms. The molecule has 0 radical (unpaired) electrons. The molecule has 31 heavy (non-hydrogen) atoms. The van der Waals surface area contributed by atoms with Gasteiger partial charge in [0.15, 0.2) is 0 Å². The summed E-state index contributed by atoms with van der Waals surface area (Å²) in [7, 11) is -4.07. The summed E-state index contributed by atoms with van der Waals surface area (Å²) in [4.78, 5) is 16.7. The first-order chi connectivity index (χ1) is 14.8. The maximum absolute atomic E-state index is 13.7. The number of hydrogen-bond donors (Lipinski definition) is 0. The maximum Gasteiger partial charge on any atom is 0.272 e. The molecule has 8 nitrogen and oxygen atoms in total. The monoisotopic (exact) mass is 570 g/mol. The predicted octanol–water partition coefficient (Wildman–Crippen LogP) is 3.31. The lowest BCUT2D eigenvalue weighted by atomic mass is 10.0. The minimum atomic E-state index is -4.07. The Morgan fingerprint density at radius 3 is 2.58 bits per heavy atom. The highest BCUT2D eigenvalue weighted by molar-refractivity contribution is 9.09. The summed E-state index contributed by atoms with van der Waals surface area (Å²) in [5.74, 6) is 2.45. The van der Waals surface area contributed by atoms with Crippen molar-refractivity contribution in [1.82, 2.24) is 9.29 Å². The van der Waals surface area contributed by atoms with Crippen LogP contribution in [0.2, 0.25) is 0 Å². The molecule has 0 fully saturated rings. The number of fused-ring (bicyclic) bond motifs is 1. The van der Waals surface area contributed by atoms with E-state index in [1.807, 2.05) is 4.90 Å². The van der Waals surface area contributed by atoms with Crippen molar-refractivity contribution < 1.29 is 13.3 Å². The van der Waals surface area contributed by atoms with Gasteiger partial charge in [-0.25, -0.2) is 8.42 Å². The number of nitro groups is 1. The molecule has 0 amide bonds. The van der Waals surface area contributed by atoms with E-state index in [1.165, 1.54) is 10.4 Å². The van der Waals surface area contributed by atoms with Crippen LogP contribution < -0.4 is 4.90 Å². The summed E-state index contributed by atoms with van der Waals surface area (Å²) in [5.41, 5.74) is 2.00. The third-order valence-corrected chi connectivity index (χ3v) is 7.62. The number of nitrogens with zero attached hydrogens (tertiary/aromatic N) is 4. The number of hydrogen-bond acceptors (Lipinski definition) is 6. The molecule has 2 heterocycles. The number of pyridine rings is 1. The van der Waals surface area contributed by atoms with Crippen molar-refractivity contribution in [3.63, 3.8) is 0 Å². The third kappa shape index (κ3) is 4.92. The second kappa shape index (κ2) is 10.1. The Morgan fingerprint density at radius 1 is 1.26 bits per heavy atom. The molecule has 0 spiro atoms. The van der Waals surface area contributed by atoms with Gasteiger partial charge in [-0.2, -0.15) is 4.31 Å². The quantitative estimate of drug-likeness (QED) is 0.209. The Hall–Kier alpha value is -2.00. The van der Waals surface area contributed by atoms with Crippen LogP contribution in [0.4, 0.5) is 11.4 Å². The summed E-state index contributed by atoms with van der Waals surface area (Å²) >= 11 is 6.78. The summed E-state index contributed by atoms with van der Waals surface area (Å²) in [5, 5.41) is 12.7. The minimum absolute atomic E-state index is 0.144. The number of nitro benzene ring substituents is 1. The lowest BCUT2D eigenvalue weighted by molar-refractivity contribution is -0.385. The maximum atomic E-state index is 13.7. The molecule has 0 aliphatic carbocycles. The number of sulfonamides is 1. The van der Waals surface area contributed by atoms with Gasteiger partial charge in [-0.05, 0) is 23.6 Å². The van der Waals surface area contributed by atoms with Crippen molar-refractivity contribution >= 4 is 53.3 Å². The summed E-state index contributed by atoms with van der Waals surface area (Å²) in [6.45, 7) is 1.39. The number of benzene rings is 1. The lowest BCUT2D eigenvalue weighted by Gasteiger charge is -2.31. The second-order valence-corrected chi connectivity index (χ2v) is 10.3. The molecule has 0 unspecified atom stereocenters. The van der Waals surface area contributed by atoms with Crippen molar-refractivity contribution in [2.45, 2.75) is 17.9 Å². The molecule has 0 saturated heterocycles. The largest absolute Gasteiger partial charge is 0.368 e. The van der Waals surface area contributed by atoms with Crippen molar-refractivity contribution in [3.8, 4) is 12.3 Å². The normalized spacial score (nSPS) is 14.0. The highest BCUT2D eigenvalue weighted by Gasteiger charge is 2.34. The van der Waals surface area contributed by atoms with E-state index >= 15 is 0 Å². The van der Waals surface area contributed by atoms with E-state index in [9.17, 15) is 18.5 Å². The molecule has 11 heteroatoms. The topological polar surface area (TPSA) is 96.6 Å². The van der Waals surface area contributed by atoms with Gasteiger partial charge in [0.2, 0.25) is 10.0 Å². The van der Waals surface area contributed by atoms with Gasteiger partial charge in [0.1, 0.15) is 4.90 Å². The van der Waals surface area contributed by atoms with Crippen molar-refractivity contribution in [1.29, 1.82) is 0 Å². The zero-order valence-electron chi connectivity index (χ0n) is 16.5. The second-order valence-electron chi connectivity index (χ2n) is 6.84. The molecule has 1 aromatic carbocycles. The fraction of sp³-hybridized carbons (Fsp3) is 0.350. The molecule has 3 rings (SSSR count). The Bertz CT molecular complexity index is 1130. The van der Waals surface area contributed by atoms with E-state index in [4.69, 9.17) is 6.42 Å². The highest BCUT2D eigenvalue weighted by atomic mass is 79.9. The van der Waals surface area contributed by atoms with Gasteiger partial charge in [0.05, 0.1) is 16.2 Å². The van der Waals surface area contributed by atoms with Crippen molar-refractivity contribution in [3.05, 3.63) is 57.4 Å². The first kappa shape index (κ1) is 23.7. The predicted molar refractivity (Wildman–Crippen MR) is 126 cm³/mol. The van der Waals surface area contributed by atoms with Crippen LogP contribution in [0.3, 0.4) is 0 Å². The fourth-order valence-electron chi connectivity index (χ4n) is 3.56. The third-order valence-electron chi connectivity index (χ3n) is 5.05. The number of non-ortho nitro benzene ring substituents is 1. The number of rotatable bonds is 8. The molecule has 164 valence electrons. The van der Waals surface area contributed by atoms with Crippen LogP contribution in [-0.4, -0.2) is 52.9 Å². The Kier molecular flexibility index (Phi) is 7.69. The molecule has 0 N–H and O–H groups in total. The first-order valence-corrected chi connectivity index (χ1v) is 13.1. The first-order valence-electron chi connectivity index (χ1n) is 9.41. The number of halogens is 2. The van der Waals surface area contributed by atoms with E-state index < -0.39 is 14.9 Å². The van der Waals surface area contributed by atoms with Gasteiger partial charge in [-0.3, -0.25) is 15.1 Å². The Morgan fingerprint density at radius 2 is 1.97 bits per heavy atom. The standard InChI is InChI=1S/C20H20Br2N4O4S/c1-2-15-11-18(26(27)28)12-19(20(15)24(9-5-21)10-6-22)31(29,30)25-8-4-16-13-23-7-3-17(16)14-25/h1,3,7,11-13H,4-6,8-10,14H2. The van der Waals surface area contributed by atoms with Crippen LogP contribution in [0.15, 0.2) is 35.5 Å². The molecule has 1 aliphatic heterocycles. The van der Waals surface area contributed by atoms with Crippen LogP contribution in [0, 0.1) is 22.5 Å². The van der Waals surface area contributed by atoms with Crippen LogP contribution in [0.25, 0.3) is 0 Å². The van der Waals surface area contributed by atoms with Crippen LogP contribution in [0.1, 0.15) is 16.7 Å². The SMILES string of the molecule is C#Cc1cc([N+](=O)[O-])cc(S(=O)(=O)N2CCc3cnccc3C2)c1N(CCBr)CCBr. The van der Waals surface area contributed by atoms with Crippen LogP contribution >= 0.6 is 31.9 Å². The van der Waals surface area contributed by atoms with Crippen LogP contribution in [-0.2, 0) is 23.0 Å². The number of aromatic nitrogens is 1. The lowest BCUT2D eigenvalue weighted by Crippen LogP contribution is -2.38. The number of anilines is 1. The fourth-order valence-corrected chi connectivity index (χ4v) is 6.09. The van der Waals surface area contributed by atoms with Gasteiger partial charge < -0.3 is 4.90 Å². The van der Waals surface area contributed by atoms with Gasteiger partial charge in [0, 0.05) is 61.4 Å². The summed E-state index contributed by atoms with van der Waals surface area (Å²) in [6, 6.07) is 4.16. The molecule has 1 aromatic heterocycles. The zero-order valence-corrected chi connectivity index (χ0v) is 20.5. The molecular weight excluding hydrogens is 552 g/mol. The van der Waals surface area contributed by atoms with Gasteiger partial charge >= 0.3 is 0 Å². The van der Waals surface area contributed by atoms with E-state index in [0.717, 1.165) is 17.2 Å². The molecule has 1 aliphatic rings. The molecule has 0 atom stereocenters. The Labute approximate surface area is 198 Å². The molecular formula is C20H20Br2N4O4S. The number of terminal acetylenes is 1. The highest BCUT2D eigenvalue weighted by Crippen LogP contribution is 2.36. The van der Waals surface area contributed by atoms with Gasteiger partial charge in [0.25, 0.3) is 5.69 Å². The van der Waals surface area contributed by atoms with Crippen molar-refractivity contribution in [2.24, 2.45) is 0 Å². The summed E-state index contributed by atoms with van der Waals surface area (Å²) in [6.07, 6.45) is 9.54. The average Bonchev–Trinajstić information content (AvgIpc) is 2.77. The van der Waals surface area contributed by atoms with E-state index in [0.29, 0.717) is 35.9 Å².